The van der Waals surface area contributed by atoms with Gasteiger partial charge < -0.3 is 4.74 Å². The molecule has 1 aliphatic heterocycles. The Kier molecular flexibility index (Phi) is 7.79. The van der Waals surface area contributed by atoms with Crippen LogP contribution in [0.5, 0.6) is 5.75 Å². The summed E-state index contributed by atoms with van der Waals surface area (Å²) in [6.07, 6.45) is 0. The highest BCUT2D eigenvalue weighted by atomic mass is 79.9. The molecule has 1 saturated heterocycles. The van der Waals surface area contributed by atoms with Crippen molar-refractivity contribution in [3.8, 4) is 5.75 Å². The Morgan fingerprint density at radius 1 is 0.914 bits per heavy atom. The quantitative estimate of drug-likeness (QED) is 0.280. The molecule has 35 heavy (non-hydrogen) atoms. The van der Waals surface area contributed by atoms with Crippen molar-refractivity contribution in [2.24, 2.45) is 0 Å². The van der Waals surface area contributed by atoms with Crippen molar-refractivity contribution in [3.63, 3.8) is 0 Å². The molecule has 184 valence electrons. The van der Waals surface area contributed by atoms with Crippen LogP contribution < -0.4 is 15.4 Å². The highest BCUT2D eigenvalue weighted by molar-refractivity contribution is 9.10. The number of benzene rings is 3. The van der Waals surface area contributed by atoms with E-state index in [2.05, 4.69) is 87.5 Å². The molecule has 3 aromatic carbocycles. The van der Waals surface area contributed by atoms with Gasteiger partial charge in [0, 0.05) is 14.5 Å². The predicted molar refractivity (Wildman–Crippen MR) is 149 cm³/mol. The monoisotopic (exact) mass is 618 g/mol. The fourth-order valence-electron chi connectivity index (χ4n) is 4.52. The highest BCUT2D eigenvalue weighted by Crippen LogP contribution is 2.45. The van der Waals surface area contributed by atoms with Crippen molar-refractivity contribution < 1.29 is 9.53 Å². The summed E-state index contributed by atoms with van der Waals surface area (Å²) in [5.41, 5.74) is 2.47. The minimum Gasteiger partial charge on any atom is -0.493 e. The summed E-state index contributed by atoms with van der Waals surface area (Å²) in [5, 5.41) is 6.61. The summed E-state index contributed by atoms with van der Waals surface area (Å²) >= 11 is 13.4. The number of carbonyl (C=O) groups is 1. The van der Waals surface area contributed by atoms with Crippen LogP contribution in [-0.4, -0.2) is 11.8 Å². The van der Waals surface area contributed by atoms with E-state index in [1.54, 1.807) is 0 Å². The Labute approximate surface area is 229 Å². The molecule has 0 saturated carbocycles. The number of halogens is 3. The molecule has 0 radical (unpaired) electrons. The van der Waals surface area contributed by atoms with Gasteiger partial charge >= 0.3 is 0 Å². The van der Waals surface area contributed by atoms with Crippen LogP contribution in [0, 0.1) is 0 Å². The van der Waals surface area contributed by atoms with E-state index in [9.17, 15) is 4.79 Å². The first-order chi connectivity index (χ1) is 16.5. The molecule has 0 amide bonds. The van der Waals surface area contributed by atoms with Gasteiger partial charge in [0.1, 0.15) is 5.75 Å². The van der Waals surface area contributed by atoms with Gasteiger partial charge in [0.25, 0.3) is 5.24 Å². The molecule has 0 aromatic heterocycles. The van der Waals surface area contributed by atoms with Gasteiger partial charge in [0.2, 0.25) is 0 Å². The zero-order chi connectivity index (χ0) is 25.4. The maximum atomic E-state index is 13.2. The van der Waals surface area contributed by atoms with Gasteiger partial charge in [-0.15, -0.1) is 0 Å². The second-order valence-electron chi connectivity index (χ2n) is 9.76. The molecule has 4 nitrogen and oxygen atoms in total. The minimum atomic E-state index is -1.34. The minimum absolute atomic E-state index is 0.0705. The summed E-state index contributed by atoms with van der Waals surface area (Å²) in [5.74, 6) is 0.639. The van der Waals surface area contributed by atoms with Gasteiger partial charge in [-0.3, -0.25) is 15.4 Å². The molecule has 3 aromatic rings. The smallest absolute Gasteiger partial charge is 0.261 e. The van der Waals surface area contributed by atoms with Crippen LogP contribution in [0.15, 0.2) is 75.7 Å². The molecule has 4 rings (SSSR count). The van der Waals surface area contributed by atoms with Crippen molar-refractivity contribution in [2.45, 2.75) is 50.9 Å². The third-order valence-electron chi connectivity index (χ3n) is 6.38. The summed E-state index contributed by atoms with van der Waals surface area (Å²) < 4.78 is 8.05. The van der Waals surface area contributed by atoms with E-state index in [4.69, 9.17) is 16.3 Å². The van der Waals surface area contributed by atoms with Gasteiger partial charge in [0.05, 0.1) is 18.7 Å². The fraction of sp³-hybridized carbons (Fsp3) is 0.321. The molecule has 0 spiro atoms. The molecule has 1 heterocycles. The average Bonchev–Trinajstić information content (AvgIpc) is 3.22. The molecule has 3 atom stereocenters. The highest BCUT2D eigenvalue weighted by Gasteiger charge is 2.52. The number of nitrogens with one attached hydrogen (secondary N) is 2. The molecule has 0 aliphatic carbocycles. The summed E-state index contributed by atoms with van der Waals surface area (Å²) in [6, 6.07) is 21.8. The zero-order valence-electron chi connectivity index (χ0n) is 20.2. The van der Waals surface area contributed by atoms with E-state index in [1.807, 2.05) is 49.4 Å². The predicted octanol–water partition coefficient (Wildman–Crippen LogP) is 7.50. The first-order valence-electron chi connectivity index (χ1n) is 11.6. The third kappa shape index (κ3) is 5.37. The molecule has 7 heteroatoms. The maximum Gasteiger partial charge on any atom is 0.261 e. The van der Waals surface area contributed by atoms with Gasteiger partial charge in [-0.1, -0.05) is 89.0 Å². The van der Waals surface area contributed by atoms with E-state index in [1.165, 1.54) is 0 Å². The number of rotatable bonds is 6. The summed E-state index contributed by atoms with van der Waals surface area (Å²) in [6.45, 7) is 8.87. The third-order valence-corrected chi connectivity index (χ3v) is 7.72. The molecular weight excluding hydrogens is 592 g/mol. The first-order valence-corrected chi connectivity index (χ1v) is 13.6. The molecular formula is C28H29Br2ClN2O2. The van der Waals surface area contributed by atoms with Crippen LogP contribution in [0.1, 0.15) is 62.0 Å². The standard InChI is InChI=1S/C28H29Br2ClN2O2/c1-5-35-23-16-19(27(2,3)4)10-15-22(23)28(26(31)34)32-24(17-6-11-20(29)12-7-17)25(33-28)18-8-13-21(30)14-9-18/h6-16,24-25,32-33H,5H2,1-4H3/t24-,25+,28?. The van der Waals surface area contributed by atoms with Gasteiger partial charge in [-0.25, -0.2) is 0 Å². The topological polar surface area (TPSA) is 50.4 Å². The van der Waals surface area contributed by atoms with E-state index in [-0.39, 0.29) is 17.5 Å². The van der Waals surface area contributed by atoms with Crippen molar-refractivity contribution in [1.29, 1.82) is 0 Å². The zero-order valence-corrected chi connectivity index (χ0v) is 24.1. The van der Waals surface area contributed by atoms with Crippen molar-refractivity contribution in [1.82, 2.24) is 10.6 Å². The van der Waals surface area contributed by atoms with E-state index in [0.29, 0.717) is 17.9 Å². The number of carbonyl (C=O) groups excluding carboxylic acids is 1. The molecule has 1 fully saturated rings. The average molecular weight is 621 g/mol. The summed E-state index contributed by atoms with van der Waals surface area (Å²) in [4.78, 5) is 13.2. The Bertz CT molecular complexity index is 1150. The first kappa shape index (κ1) is 26.4. The molecule has 0 bridgehead atoms. The lowest BCUT2D eigenvalue weighted by Crippen LogP contribution is -2.51. The Morgan fingerprint density at radius 3 is 1.80 bits per heavy atom. The Morgan fingerprint density at radius 2 is 1.40 bits per heavy atom. The normalized spacial score (nSPS) is 22.3. The number of hydrogen-bond donors (Lipinski definition) is 2. The van der Waals surface area contributed by atoms with Crippen LogP contribution in [0.25, 0.3) is 0 Å². The van der Waals surface area contributed by atoms with Crippen molar-refractivity contribution >= 4 is 48.7 Å². The number of ether oxygens (including phenoxy) is 1. The van der Waals surface area contributed by atoms with Gasteiger partial charge in [-0.05, 0) is 71.0 Å². The van der Waals surface area contributed by atoms with E-state index < -0.39 is 10.9 Å². The van der Waals surface area contributed by atoms with Crippen LogP contribution in [-0.2, 0) is 15.9 Å². The van der Waals surface area contributed by atoms with Gasteiger partial charge in [0.15, 0.2) is 5.66 Å². The van der Waals surface area contributed by atoms with Crippen LogP contribution >= 0.6 is 43.5 Å². The molecule has 1 aliphatic rings. The van der Waals surface area contributed by atoms with Crippen LogP contribution in [0.3, 0.4) is 0 Å². The SMILES string of the molecule is CCOc1cc(C(C)(C)C)ccc1C1(C(=O)Cl)N[C@H](c2ccc(Br)cc2)[C@H](c2ccc(Br)cc2)N1. The molecule has 1 unspecified atom stereocenters. The maximum absolute atomic E-state index is 13.2. The molecule has 2 N–H and O–H groups in total. The lowest BCUT2D eigenvalue weighted by Gasteiger charge is -2.30. The van der Waals surface area contributed by atoms with Crippen molar-refractivity contribution in [3.05, 3.63) is 97.9 Å². The second kappa shape index (κ2) is 10.3. The lowest BCUT2D eigenvalue weighted by molar-refractivity contribution is -0.118. The largest absolute Gasteiger partial charge is 0.493 e. The van der Waals surface area contributed by atoms with Crippen LogP contribution in [0.4, 0.5) is 0 Å². The summed E-state index contributed by atoms with van der Waals surface area (Å²) in [7, 11) is 0. The number of hydrogen-bond acceptors (Lipinski definition) is 4. The fourth-order valence-corrected chi connectivity index (χ4v) is 5.25. The van der Waals surface area contributed by atoms with Crippen molar-refractivity contribution in [2.75, 3.05) is 6.61 Å². The van der Waals surface area contributed by atoms with Gasteiger partial charge in [-0.2, -0.15) is 0 Å². The Hall–Kier alpha value is -1.70. The van der Waals surface area contributed by atoms with E-state index in [0.717, 1.165) is 25.6 Å². The second-order valence-corrected chi connectivity index (χ2v) is 11.9. The van der Waals surface area contributed by atoms with Crippen LogP contribution in [0.2, 0.25) is 0 Å². The Balaban J connectivity index is 1.88. The lowest BCUT2D eigenvalue weighted by atomic mass is 9.85. The van der Waals surface area contributed by atoms with E-state index >= 15 is 0 Å².